The van der Waals surface area contributed by atoms with Crippen LogP contribution in [0.1, 0.15) is 27.2 Å². The average Bonchev–Trinajstić information content (AvgIpc) is 1.69. The highest BCUT2D eigenvalue weighted by Gasteiger charge is 2.08. The van der Waals surface area contributed by atoms with Gasteiger partial charge in [0.25, 0.3) is 0 Å². The molecule has 0 spiro atoms. The third-order valence-corrected chi connectivity index (χ3v) is 1.30. The Labute approximate surface area is 51.0 Å². The maximum Gasteiger partial charge on any atom is 0.0827 e. The van der Waals surface area contributed by atoms with E-state index in [1.165, 1.54) is 0 Å². The van der Waals surface area contributed by atoms with Gasteiger partial charge in [0.2, 0.25) is 0 Å². The van der Waals surface area contributed by atoms with Gasteiger partial charge < -0.3 is 0 Å². The first-order valence-electron chi connectivity index (χ1n) is 3.04. The highest BCUT2D eigenvalue weighted by molar-refractivity contribution is 4.56. The number of rotatable bonds is 3. The molecule has 0 aliphatic carbocycles. The Kier molecular flexibility index (Phi) is 3.83. The lowest BCUT2D eigenvalue weighted by Gasteiger charge is -2.13. The predicted octanol–water partition coefficient (Wildman–Crippen LogP) is 1.64. The van der Waals surface area contributed by atoms with Crippen LogP contribution in [0.4, 0.5) is 0 Å². The molecule has 0 saturated heterocycles. The van der Waals surface area contributed by atoms with Crippen LogP contribution in [0.5, 0.6) is 0 Å². The molecule has 1 radical (unpaired) electrons. The molecule has 0 saturated carbocycles. The maximum atomic E-state index is 6.59. The van der Waals surface area contributed by atoms with Crippen molar-refractivity contribution in [2.45, 2.75) is 33.3 Å². The Morgan fingerprint density at radius 2 is 2.00 bits per heavy atom. The first-order chi connectivity index (χ1) is 3.72. The molecule has 1 atom stereocenters. The molecule has 8 heavy (non-hydrogen) atoms. The lowest BCUT2D eigenvalue weighted by molar-refractivity contribution is 0.00501. The molecule has 0 aliphatic rings. The van der Waals surface area contributed by atoms with Gasteiger partial charge in [-0.25, -0.2) is 0 Å². The first-order valence-corrected chi connectivity index (χ1v) is 3.04. The fourth-order valence-electron chi connectivity index (χ4n) is 0.691. The van der Waals surface area contributed by atoms with E-state index in [2.05, 4.69) is 18.7 Å². The van der Waals surface area contributed by atoms with Crippen molar-refractivity contribution in [1.29, 1.82) is 0 Å². The molecular weight excluding hydrogens is 102 g/mol. The molecule has 1 N–H and O–H groups in total. The van der Waals surface area contributed by atoms with E-state index in [9.17, 15) is 0 Å². The molecule has 1 unspecified atom stereocenters. The minimum atomic E-state index is 0.120. The summed E-state index contributed by atoms with van der Waals surface area (Å²) in [6.45, 7) is 6.14. The normalized spacial score (nSPS) is 14.6. The van der Waals surface area contributed by atoms with Gasteiger partial charge in [0.15, 0.2) is 0 Å². The van der Waals surface area contributed by atoms with Crippen LogP contribution in [-0.2, 0) is 4.84 Å². The van der Waals surface area contributed by atoms with Crippen LogP contribution >= 0.6 is 0 Å². The summed E-state index contributed by atoms with van der Waals surface area (Å²) in [5, 5.41) is 0. The first kappa shape index (κ1) is 7.92. The topological polar surface area (TPSA) is 33.0 Å². The lowest BCUT2D eigenvalue weighted by atomic mass is 10.1. The molecule has 0 aromatic heterocycles. The summed E-state index contributed by atoms with van der Waals surface area (Å²) in [5.74, 6) is 7.06. The molecule has 2 nitrogen and oxygen atoms in total. The van der Waals surface area contributed by atoms with E-state index < -0.39 is 0 Å². The Balaban J connectivity index is 3.35. The van der Waals surface area contributed by atoms with E-state index >= 15 is 0 Å². The van der Waals surface area contributed by atoms with E-state index in [-0.39, 0.29) is 6.10 Å². The molecule has 0 rings (SSSR count). The van der Waals surface area contributed by atoms with Crippen molar-refractivity contribution in [1.82, 2.24) is 5.90 Å². The van der Waals surface area contributed by atoms with E-state index in [0.29, 0.717) is 5.92 Å². The zero-order valence-electron chi connectivity index (χ0n) is 5.77. The molecule has 0 amide bonds. The third-order valence-electron chi connectivity index (χ3n) is 1.30. The summed E-state index contributed by atoms with van der Waals surface area (Å²) in [4.78, 5) is 4.41. The second-order valence-electron chi connectivity index (χ2n) is 2.31. The van der Waals surface area contributed by atoms with Crippen LogP contribution in [0.3, 0.4) is 0 Å². The minimum Gasteiger partial charge on any atom is -0.282 e. The monoisotopic (exact) mass is 116 g/mol. The van der Waals surface area contributed by atoms with Gasteiger partial charge in [0, 0.05) is 0 Å². The van der Waals surface area contributed by atoms with Crippen LogP contribution in [0.25, 0.3) is 0 Å². The van der Waals surface area contributed by atoms with Crippen LogP contribution in [-0.4, -0.2) is 6.10 Å². The summed E-state index contributed by atoms with van der Waals surface area (Å²) in [7, 11) is 0. The lowest BCUT2D eigenvalue weighted by Crippen LogP contribution is -2.17. The Morgan fingerprint density at radius 1 is 1.50 bits per heavy atom. The van der Waals surface area contributed by atoms with Gasteiger partial charge in [-0.05, 0) is 12.3 Å². The summed E-state index contributed by atoms with van der Waals surface area (Å²) >= 11 is 0. The van der Waals surface area contributed by atoms with Crippen molar-refractivity contribution in [3.8, 4) is 0 Å². The van der Waals surface area contributed by atoms with Crippen molar-refractivity contribution >= 4 is 0 Å². The van der Waals surface area contributed by atoms with Crippen LogP contribution in [0.15, 0.2) is 0 Å². The molecule has 0 fully saturated rings. The molecule has 0 aliphatic heterocycles. The van der Waals surface area contributed by atoms with Crippen molar-refractivity contribution < 1.29 is 4.84 Å². The molecule has 0 bridgehead atoms. The fraction of sp³-hybridized carbons (Fsp3) is 1.00. The van der Waals surface area contributed by atoms with Gasteiger partial charge >= 0.3 is 0 Å². The quantitative estimate of drug-likeness (QED) is 0.516. The van der Waals surface area contributed by atoms with Gasteiger partial charge in [0.1, 0.15) is 0 Å². The van der Waals surface area contributed by atoms with Crippen molar-refractivity contribution in [3.05, 3.63) is 0 Å². The van der Waals surface area contributed by atoms with Gasteiger partial charge in [-0.15, -0.1) is 5.90 Å². The number of nitrogens with one attached hydrogen (secondary N) is 1. The van der Waals surface area contributed by atoms with Gasteiger partial charge in [0.05, 0.1) is 6.10 Å². The highest BCUT2D eigenvalue weighted by Crippen LogP contribution is 2.07. The molecule has 49 valence electrons. The summed E-state index contributed by atoms with van der Waals surface area (Å²) < 4.78 is 0. The van der Waals surface area contributed by atoms with Crippen LogP contribution in [0.2, 0.25) is 0 Å². The second kappa shape index (κ2) is 3.87. The third kappa shape index (κ3) is 2.28. The van der Waals surface area contributed by atoms with E-state index in [1.54, 1.807) is 0 Å². The van der Waals surface area contributed by atoms with E-state index in [4.69, 9.17) is 5.90 Å². The summed E-state index contributed by atoms with van der Waals surface area (Å²) in [5.41, 5.74) is 0. The largest absolute Gasteiger partial charge is 0.282 e. The standard InChI is InChI=1S/C6H14NO/c1-4-6(8-7)5(2)3/h5-7H,4H2,1-3H3. The molecule has 0 aromatic carbocycles. The zero-order valence-corrected chi connectivity index (χ0v) is 5.77. The van der Waals surface area contributed by atoms with E-state index in [1.807, 2.05) is 6.92 Å². The zero-order chi connectivity index (χ0) is 6.57. The Bertz CT molecular complexity index is 50.5. The van der Waals surface area contributed by atoms with Gasteiger partial charge in [-0.1, -0.05) is 20.8 Å². The Hall–Kier alpha value is -0.0800. The summed E-state index contributed by atoms with van der Waals surface area (Å²) in [6, 6.07) is 0. The second-order valence-corrected chi connectivity index (χ2v) is 2.31. The SMILES string of the molecule is CCC(O[NH])C(C)C. The minimum absolute atomic E-state index is 0.120. The average molecular weight is 116 g/mol. The number of hydrogen-bond donors (Lipinski definition) is 0. The highest BCUT2D eigenvalue weighted by atomic mass is 16.6. The van der Waals surface area contributed by atoms with Crippen molar-refractivity contribution in [2.24, 2.45) is 5.92 Å². The Morgan fingerprint density at radius 3 is 2.00 bits per heavy atom. The van der Waals surface area contributed by atoms with Crippen LogP contribution < -0.4 is 5.90 Å². The smallest absolute Gasteiger partial charge is 0.0827 e. The van der Waals surface area contributed by atoms with Gasteiger partial charge in [-0.2, -0.15) is 0 Å². The fourth-order valence-corrected chi connectivity index (χ4v) is 0.691. The van der Waals surface area contributed by atoms with Crippen LogP contribution in [0, 0.1) is 5.92 Å². The van der Waals surface area contributed by atoms with Crippen molar-refractivity contribution in [2.75, 3.05) is 0 Å². The maximum absolute atomic E-state index is 6.59. The molecule has 0 aromatic rings. The van der Waals surface area contributed by atoms with E-state index in [0.717, 1.165) is 6.42 Å². The summed E-state index contributed by atoms with van der Waals surface area (Å²) in [6.07, 6.45) is 1.05. The number of hydrogen-bond acceptors (Lipinski definition) is 1. The predicted molar refractivity (Wildman–Crippen MR) is 33.1 cm³/mol. The van der Waals surface area contributed by atoms with Gasteiger partial charge in [-0.3, -0.25) is 4.84 Å². The molecule has 2 heteroatoms. The molecule has 0 heterocycles. The molecular formula is C6H14NO. The van der Waals surface area contributed by atoms with Crippen molar-refractivity contribution in [3.63, 3.8) is 0 Å².